The molecule has 4 N–H and O–H groups in total. The smallest absolute Gasteiger partial charge is 0.225 e. The van der Waals surface area contributed by atoms with Crippen molar-refractivity contribution in [2.75, 3.05) is 18.6 Å². The lowest BCUT2D eigenvalue weighted by molar-refractivity contribution is 0.415. The summed E-state index contributed by atoms with van der Waals surface area (Å²) < 4.78 is 5.16. The van der Waals surface area contributed by atoms with E-state index in [1.54, 1.807) is 7.11 Å². The number of ether oxygens (including phenoxy) is 1. The van der Waals surface area contributed by atoms with Crippen LogP contribution in [0.3, 0.4) is 0 Å². The molecule has 22 heavy (non-hydrogen) atoms. The summed E-state index contributed by atoms with van der Waals surface area (Å²) in [7, 11) is 1.65. The fourth-order valence-corrected chi connectivity index (χ4v) is 2.13. The molecule has 0 bridgehead atoms. The number of hydrogen-bond acceptors (Lipinski definition) is 6. The number of hydrogen-bond donors (Lipinski definition) is 2. The van der Waals surface area contributed by atoms with Crippen LogP contribution in [0, 0.1) is 0 Å². The highest BCUT2D eigenvalue weighted by Gasteiger charge is 2.06. The van der Waals surface area contributed by atoms with E-state index in [2.05, 4.69) is 15.0 Å². The quantitative estimate of drug-likeness (QED) is 0.769. The number of methoxy groups -OCH3 is 1. The van der Waals surface area contributed by atoms with Crippen LogP contribution in [-0.4, -0.2) is 22.1 Å². The number of nitrogens with two attached hydrogens (primary N) is 2. The molecule has 1 aromatic heterocycles. The van der Waals surface area contributed by atoms with Gasteiger partial charge >= 0.3 is 0 Å². The SMILES string of the molecule is COc1ccc(-c2ccc(-c3nc(N)nc(N)n3)cc2)cc1. The van der Waals surface area contributed by atoms with E-state index in [-0.39, 0.29) is 11.9 Å². The molecule has 0 unspecified atom stereocenters. The van der Waals surface area contributed by atoms with Crippen LogP contribution < -0.4 is 16.2 Å². The average Bonchev–Trinajstić information content (AvgIpc) is 2.54. The third kappa shape index (κ3) is 2.80. The van der Waals surface area contributed by atoms with Crippen LogP contribution in [0.2, 0.25) is 0 Å². The van der Waals surface area contributed by atoms with Crippen LogP contribution in [0.4, 0.5) is 11.9 Å². The van der Waals surface area contributed by atoms with Gasteiger partial charge in [0.2, 0.25) is 11.9 Å². The normalized spacial score (nSPS) is 10.4. The van der Waals surface area contributed by atoms with E-state index >= 15 is 0 Å². The topological polar surface area (TPSA) is 99.9 Å². The van der Waals surface area contributed by atoms with E-state index in [1.165, 1.54) is 0 Å². The first-order valence-electron chi connectivity index (χ1n) is 6.67. The van der Waals surface area contributed by atoms with Crippen molar-refractivity contribution in [3.8, 4) is 28.3 Å². The first-order valence-corrected chi connectivity index (χ1v) is 6.67. The summed E-state index contributed by atoms with van der Waals surface area (Å²) in [5, 5.41) is 0. The molecule has 0 saturated carbocycles. The first-order chi connectivity index (χ1) is 10.7. The zero-order valence-corrected chi connectivity index (χ0v) is 12.0. The lowest BCUT2D eigenvalue weighted by Gasteiger charge is -2.06. The Morgan fingerprint density at radius 2 is 1.14 bits per heavy atom. The van der Waals surface area contributed by atoms with Gasteiger partial charge in [0, 0.05) is 5.56 Å². The Balaban J connectivity index is 1.91. The van der Waals surface area contributed by atoms with E-state index < -0.39 is 0 Å². The zero-order valence-electron chi connectivity index (χ0n) is 12.0. The van der Waals surface area contributed by atoms with Crippen molar-refractivity contribution in [3.05, 3.63) is 48.5 Å². The van der Waals surface area contributed by atoms with Gasteiger partial charge in [-0.3, -0.25) is 0 Å². The number of benzene rings is 2. The van der Waals surface area contributed by atoms with Crippen LogP contribution >= 0.6 is 0 Å². The molecule has 3 rings (SSSR count). The van der Waals surface area contributed by atoms with Crippen molar-refractivity contribution in [1.29, 1.82) is 0 Å². The first kappa shape index (κ1) is 13.8. The third-order valence-electron chi connectivity index (χ3n) is 3.24. The number of nitrogens with zero attached hydrogens (tertiary/aromatic N) is 3. The monoisotopic (exact) mass is 293 g/mol. The Hall–Kier alpha value is -3.15. The van der Waals surface area contributed by atoms with Gasteiger partial charge in [-0.25, -0.2) is 0 Å². The summed E-state index contributed by atoms with van der Waals surface area (Å²) in [5.74, 6) is 1.52. The van der Waals surface area contributed by atoms with Gasteiger partial charge in [-0.1, -0.05) is 36.4 Å². The highest BCUT2D eigenvalue weighted by molar-refractivity contribution is 5.68. The minimum absolute atomic E-state index is 0.113. The van der Waals surface area contributed by atoms with Gasteiger partial charge in [0.15, 0.2) is 5.82 Å². The van der Waals surface area contributed by atoms with Gasteiger partial charge in [-0.2, -0.15) is 15.0 Å². The van der Waals surface area contributed by atoms with Crippen molar-refractivity contribution < 1.29 is 4.74 Å². The molecular weight excluding hydrogens is 278 g/mol. The van der Waals surface area contributed by atoms with Gasteiger partial charge in [-0.05, 0) is 23.3 Å². The van der Waals surface area contributed by atoms with Crippen molar-refractivity contribution >= 4 is 11.9 Å². The maximum absolute atomic E-state index is 5.59. The Morgan fingerprint density at radius 3 is 1.64 bits per heavy atom. The lowest BCUT2D eigenvalue weighted by Crippen LogP contribution is -2.04. The Bertz CT molecular complexity index is 764. The molecule has 3 aromatic rings. The van der Waals surface area contributed by atoms with Gasteiger partial charge in [-0.15, -0.1) is 0 Å². The average molecular weight is 293 g/mol. The summed E-state index contributed by atoms with van der Waals surface area (Å²) >= 11 is 0. The summed E-state index contributed by atoms with van der Waals surface area (Å²) in [6.07, 6.45) is 0. The van der Waals surface area contributed by atoms with Gasteiger partial charge in [0.1, 0.15) is 5.75 Å². The fourth-order valence-electron chi connectivity index (χ4n) is 2.13. The minimum Gasteiger partial charge on any atom is -0.497 e. The summed E-state index contributed by atoms with van der Waals surface area (Å²) in [5.41, 5.74) is 14.2. The Kier molecular flexibility index (Phi) is 3.57. The van der Waals surface area contributed by atoms with Crippen LogP contribution in [0.25, 0.3) is 22.5 Å². The van der Waals surface area contributed by atoms with Gasteiger partial charge < -0.3 is 16.2 Å². The maximum Gasteiger partial charge on any atom is 0.225 e. The third-order valence-corrected chi connectivity index (χ3v) is 3.24. The van der Waals surface area contributed by atoms with Crippen molar-refractivity contribution in [1.82, 2.24) is 15.0 Å². The standard InChI is InChI=1S/C16H15N5O/c1-22-13-8-6-11(7-9-13)10-2-4-12(5-3-10)14-19-15(17)21-16(18)20-14/h2-9H,1H3,(H4,17,18,19,20,21). The molecule has 0 amide bonds. The molecular formula is C16H15N5O. The molecule has 6 heteroatoms. The molecule has 0 aliphatic rings. The van der Waals surface area contributed by atoms with Gasteiger partial charge in [0.25, 0.3) is 0 Å². The molecule has 6 nitrogen and oxygen atoms in total. The summed E-state index contributed by atoms with van der Waals surface area (Å²) in [6, 6.07) is 15.7. The molecule has 110 valence electrons. The van der Waals surface area contributed by atoms with E-state index in [0.717, 1.165) is 22.4 Å². The molecule has 0 radical (unpaired) electrons. The zero-order chi connectivity index (χ0) is 15.5. The van der Waals surface area contributed by atoms with Crippen molar-refractivity contribution in [3.63, 3.8) is 0 Å². The fraction of sp³-hybridized carbons (Fsp3) is 0.0625. The Morgan fingerprint density at radius 1 is 0.682 bits per heavy atom. The second-order valence-electron chi connectivity index (χ2n) is 4.68. The van der Waals surface area contributed by atoms with Crippen LogP contribution in [0.1, 0.15) is 0 Å². The number of anilines is 2. The van der Waals surface area contributed by atoms with Crippen molar-refractivity contribution in [2.24, 2.45) is 0 Å². The summed E-state index contributed by atoms with van der Waals surface area (Å²) in [4.78, 5) is 11.9. The predicted octanol–water partition coefficient (Wildman–Crippen LogP) is 2.38. The molecule has 0 atom stereocenters. The second-order valence-corrected chi connectivity index (χ2v) is 4.68. The van der Waals surface area contributed by atoms with Crippen LogP contribution in [0.15, 0.2) is 48.5 Å². The molecule has 0 fully saturated rings. The molecule has 0 aliphatic heterocycles. The van der Waals surface area contributed by atoms with Crippen molar-refractivity contribution in [2.45, 2.75) is 0 Å². The number of nitrogen functional groups attached to an aromatic ring is 2. The largest absolute Gasteiger partial charge is 0.497 e. The number of aromatic nitrogens is 3. The van der Waals surface area contributed by atoms with E-state index in [1.807, 2.05) is 48.5 Å². The molecule has 0 saturated heterocycles. The lowest BCUT2D eigenvalue weighted by atomic mass is 10.0. The van der Waals surface area contributed by atoms with E-state index in [0.29, 0.717) is 5.82 Å². The van der Waals surface area contributed by atoms with E-state index in [4.69, 9.17) is 16.2 Å². The summed E-state index contributed by atoms with van der Waals surface area (Å²) in [6.45, 7) is 0. The van der Waals surface area contributed by atoms with Crippen LogP contribution in [-0.2, 0) is 0 Å². The Labute approximate surface area is 127 Å². The molecule has 0 aliphatic carbocycles. The highest BCUT2D eigenvalue weighted by atomic mass is 16.5. The number of rotatable bonds is 3. The predicted molar refractivity (Wildman–Crippen MR) is 86.1 cm³/mol. The molecule has 2 aromatic carbocycles. The molecule has 0 spiro atoms. The molecule has 1 heterocycles. The highest BCUT2D eigenvalue weighted by Crippen LogP contribution is 2.25. The second kappa shape index (κ2) is 5.69. The van der Waals surface area contributed by atoms with E-state index in [9.17, 15) is 0 Å². The van der Waals surface area contributed by atoms with Crippen LogP contribution in [0.5, 0.6) is 5.75 Å². The minimum atomic E-state index is 0.113. The maximum atomic E-state index is 5.59. The van der Waals surface area contributed by atoms with Gasteiger partial charge in [0.05, 0.1) is 7.11 Å².